The number of carbonyl (C=O) groups is 1. The zero-order valence-corrected chi connectivity index (χ0v) is 11.8. The lowest BCUT2D eigenvalue weighted by Gasteiger charge is -2.26. The molecular formula is C16H23NO. The Balaban J connectivity index is 2.75. The largest absolute Gasteiger partial charge is 0.336 e. The van der Waals surface area contributed by atoms with Gasteiger partial charge >= 0.3 is 0 Å². The van der Waals surface area contributed by atoms with Crippen molar-refractivity contribution in [3.05, 3.63) is 41.5 Å². The van der Waals surface area contributed by atoms with Gasteiger partial charge in [-0.15, -0.1) is 0 Å². The van der Waals surface area contributed by atoms with Crippen LogP contribution in [0, 0.1) is 0 Å². The second kappa shape index (κ2) is 7.00. The minimum absolute atomic E-state index is 0.214. The highest BCUT2D eigenvalue weighted by atomic mass is 16.2. The Kier molecular flexibility index (Phi) is 5.63. The normalized spacial score (nSPS) is 11.7. The average Bonchev–Trinajstić information content (AvgIpc) is 2.36. The second-order valence-electron chi connectivity index (χ2n) is 4.87. The molecule has 0 bridgehead atoms. The molecule has 0 N–H and O–H groups in total. The van der Waals surface area contributed by atoms with E-state index in [2.05, 4.69) is 39.0 Å². The lowest BCUT2D eigenvalue weighted by molar-refractivity contribution is -0.132. The van der Waals surface area contributed by atoms with E-state index in [1.165, 1.54) is 11.1 Å². The van der Waals surface area contributed by atoms with Crippen molar-refractivity contribution < 1.29 is 4.79 Å². The van der Waals surface area contributed by atoms with Crippen LogP contribution in [0.25, 0.3) is 6.08 Å². The Morgan fingerprint density at radius 1 is 1.28 bits per heavy atom. The Bertz CT molecular complexity index is 406. The van der Waals surface area contributed by atoms with Gasteiger partial charge in [0.1, 0.15) is 0 Å². The van der Waals surface area contributed by atoms with Crippen molar-refractivity contribution in [3.63, 3.8) is 0 Å². The molecule has 0 unspecified atom stereocenters. The van der Waals surface area contributed by atoms with Crippen molar-refractivity contribution in [2.45, 2.75) is 40.2 Å². The molecule has 0 aliphatic carbocycles. The number of hydrogen-bond donors (Lipinski definition) is 0. The first kappa shape index (κ1) is 14.5. The van der Waals surface area contributed by atoms with Gasteiger partial charge in [-0.3, -0.25) is 4.79 Å². The first-order chi connectivity index (χ1) is 8.54. The summed E-state index contributed by atoms with van der Waals surface area (Å²) in [7, 11) is 0. The molecule has 1 aromatic carbocycles. The third-order valence-corrected chi connectivity index (χ3v) is 2.88. The summed E-state index contributed by atoms with van der Waals surface area (Å²) in [6.07, 6.45) is 2.70. The maximum atomic E-state index is 11.8. The fourth-order valence-corrected chi connectivity index (χ4v) is 1.91. The molecule has 0 saturated heterocycles. The van der Waals surface area contributed by atoms with Crippen LogP contribution < -0.4 is 0 Å². The Morgan fingerprint density at radius 2 is 1.89 bits per heavy atom. The number of nitrogens with zero attached hydrogens (tertiary/aromatic N) is 1. The van der Waals surface area contributed by atoms with Gasteiger partial charge in [0, 0.05) is 19.0 Å². The van der Waals surface area contributed by atoms with E-state index < -0.39 is 0 Å². The van der Waals surface area contributed by atoms with E-state index in [9.17, 15) is 4.79 Å². The molecule has 0 radical (unpaired) electrons. The van der Waals surface area contributed by atoms with Gasteiger partial charge in [0.2, 0.25) is 5.91 Å². The van der Waals surface area contributed by atoms with E-state index in [0.29, 0.717) is 13.0 Å². The summed E-state index contributed by atoms with van der Waals surface area (Å²) in [5, 5.41) is 0. The third kappa shape index (κ3) is 4.36. The SMILES string of the molecule is CCC(=O)N(C/C(C)=C\c1ccccc1)C(C)C. The Morgan fingerprint density at radius 3 is 2.39 bits per heavy atom. The van der Waals surface area contributed by atoms with Crippen LogP contribution in [-0.2, 0) is 4.79 Å². The third-order valence-electron chi connectivity index (χ3n) is 2.88. The number of carbonyl (C=O) groups excluding carboxylic acids is 1. The summed E-state index contributed by atoms with van der Waals surface area (Å²) < 4.78 is 0. The summed E-state index contributed by atoms with van der Waals surface area (Å²) >= 11 is 0. The van der Waals surface area contributed by atoms with Gasteiger partial charge in [0.25, 0.3) is 0 Å². The Hall–Kier alpha value is -1.57. The number of amides is 1. The molecule has 0 aliphatic heterocycles. The second-order valence-corrected chi connectivity index (χ2v) is 4.87. The molecule has 1 amide bonds. The molecule has 18 heavy (non-hydrogen) atoms. The van der Waals surface area contributed by atoms with Gasteiger partial charge in [-0.2, -0.15) is 0 Å². The van der Waals surface area contributed by atoms with Gasteiger partial charge < -0.3 is 4.90 Å². The van der Waals surface area contributed by atoms with Crippen LogP contribution in [0.3, 0.4) is 0 Å². The summed E-state index contributed by atoms with van der Waals surface area (Å²) in [5.74, 6) is 0.214. The fraction of sp³-hybridized carbons (Fsp3) is 0.438. The summed E-state index contributed by atoms with van der Waals surface area (Å²) in [6.45, 7) is 8.81. The van der Waals surface area contributed by atoms with Crippen LogP contribution in [-0.4, -0.2) is 23.4 Å². The van der Waals surface area contributed by atoms with E-state index in [-0.39, 0.29) is 11.9 Å². The maximum Gasteiger partial charge on any atom is 0.222 e. The zero-order chi connectivity index (χ0) is 13.5. The molecule has 2 heteroatoms. The quantitative estimate of drug-likeness (QED) is 0.774. The number of rotatable bonds is 5. The van der Waals surface area contributed by atoms with Gasteiger partial charge in [-0.05, 0) is 26.3 Å². The molecule has 0 aliphatic rings. The maximum absolute atomic E-state index is 11.8. The predicted molar refractivity (Wildman–Crippen MR) is 77.2 cm³/mol. The van der Waals surface area contributed by atoms with Crippen LogP contribution in [0.1, 0.15) is 39.7 Å². The van der Waals surface area contributed by atoms with Gasteiger partial charge in [-0.1, -0.05) is 48.9 Å². The van der Waals surface area contributed by atoms with E-state index in [4.69, 9.17) is 0 Å². The molecule has 0 spiro atoms. The molecule has 0 heterocycles. The molecular weight excluding hydrogens is 222 g/mol. The van der Waals surface area contributed by atoms with E-state index in [1.54, 1.807) is 0 Å². The topological polar surface area (TPSA) is 20.3 Å². The van der Waals surface area contributed by atoms with Crippen molar-refractivity contribution in [1.82, 2.24) is 4.90 Å². The zero-order valence-electron chi connectivity index (χ0n) is 11.8. The van der Waals surface area contributed by atoms with E-state index in [1.807, 2.05) is 30.0 Å². The first-order valence-corrected chi connectivity index (χ1v) is 6.56. The van der Waals surface area contributed by atoms with Crippen LogP contribution in [0.5, 0.6) is 0 Å². The van der Waals surface area contributed by atoms with Crippen molar-refractivity contribution in [1.29, 1.82) is 0 Å². The molecule has 98 valence electrons. The van der Waals surface area contributed by atoms with E-state index >= 15 is 0 Å². The summed E-state index contributed by atoms with van der Waals surface area (Å²) in [5.41, 5.74) is 2.39. The summed E-state index contributed by atoms with van der Waals surface area (Å²) in [4.78, 5) is 13.8. The van der Waals surface area contributed by atoms with E-state index in [0.717, 1.165) is 0 Å². The van der Waals surface area contributed by atoms with Crippen molar-refractivity contribution >= 4 is 12.0 Å². The van der Waals surface area contributed by atoms with Crippen LogP contribution in [0.15, 0.2) is 35.9 Å². The lowest BCUT2D eigenvalue weighted by atomic mass is 10.1. The average molecular weight is 245 g/mol. The highest BCUT2D eigenvalue weighted by Gasteiger charge is 2.14. The molecule has 2 nitrogen and oxygen atoms in total. The van der Waals surface area contributed by atoms with Crippen LogP contribution >= 0.6 is 0 Å². The monoisotopic (exact) mass is 245 g/mol. The molecule has 0 atom stereocenters. The summed E-state index contributed by atoms with van der Waals surface area (Å²) in [6, 6.07) is 10.5. The predicted octanol–water partition coefficient (Wildman–Crippen LogP) is 3.74. The minimum Gasteiger partial charge on any atom is -0.336 e. The molecule has 1 aromatic rings. The minimum atomic E-state index is 0.214. The molecule has 0 fully saturated rings. The van der Waals surface area contributed by atoms with Crippen LogP contribution in [0.2, 0.25) is 0 Å². The lowest BCUT2D eigenvalue weighted by Crippen LogP contribution is -2.37. The first-order valence-electron chi connectivity index (χ1n) is 6.56. The van der Waals surface area contributed by atoms with Gasteiger partial charge in [-0.25, -0.2) is 0 Å². The van der Waals surface area contributed by atoms with Crippen molar-refractivity contribution in [2.24, 2.45) is 0 Å². The number of hydrogen-bond acceptors (Lipinski definition) is 1. The highest BCUT2D eigenvalue weighted by Crippen LogP contribution is 2.10. The highest BCUT2D eigenvalue weighted by molar-refractivity contribution is 5.76. The van der Waals surface area contributed by atoms with Gasteiger partial charge in [0.15, 0.2) is 0 Å². The Labute approximate surface area is 110 Å². The number of benzene rings is 1. The van der Waals surface area contributed by atoms with Crippen molar-refractivity contribution in [2.75, 3.05) is 6.54 Å². The molecule has 0 aromatic heterocycles. The fourth-order valence-electron chi connectivity index (χ4n) is 1.91. The van der Waals surface area contributed by atoms with Crippen molar-refractivity contribution in [3.8, 4) is 0 Å². The molecule has 0 saturated carbocycles. The standard InChI is InChI=1S/C16H23NO/c1-5-16(18)17(13(2)3)12-14(4)11-15-9-7-6-8-10-15/h6-11,13H,5,12H2,1-4H3/b14-11-. The van der Waals surface area contributed by atoms with Gasteiger partial charge in [0.05, 0.1) is 0 Å². The molecule has 1 rings (SSSR count). The smallest absolute Gasteiger partial charge is 0.222 e. The van der Waals surface area contributed by atoms with Crippen LogP contribution in [0.4, 0.5) is 0 Å².